The van der Waals surface area contributed by atoms with Gasteiger partial charge in [-0.05, 0) is 30.5 Å². The Morgan fingerprint density at radius 3 is 2.54 bits per heavy atom. The van der Waals surface area contributed by atoms with Crippen LogP contribution in [-0.4, -0.2) is 21.4 Å². The Kier molecular flexibility index (Phi) is 4.30. The van der Waals surface area contributed by atoms with E-state index in [0.29, 0.717) is 17.1 Å². The number of rotatable bonds is 2. The molecule has 24 heavy (non-hydrogen) atoms. The summed E-state index contributed by atoms with van der Waals surface area (Å²) in [5.74, 6) is 0.959. The normalized spacial score (nSPS) is 21.4. The Hall–Kier alpha value is -1.47. The lowest BCUT2D eigenvalue weighted by Gasteiger charge is -2.16. The van der Waals surface area contributed by atoms with Gasteiger partial charge in [-0.3, -0.25) is 19.4 Å². The van der Waals surface area contributed by atoms with Gasteiger partial charge in [0.15, 0.2) is 0 Å². The van der Waals surface area contributed by atoms with E-state index in [4.69, 9.17) is 0 Å². The molecule has 5 nitrogen and oxygen atoms in total. The number of anilines is 1. The predicted octanol–water partition coefficient (Wildman–Crippen LogP) is 3.83. The summed E-state index contributed by atoms with van der Waals surface area (Å²) in [5.41, 5.74) is 1.61. The minimum atomic E-state index is -0.140. The van der Waals surface area contributed by atoms with E-state index >= 15 is 0 Å². The van der Waals surface area contributed by atoms with E-state index < -0.39 is 0 Å². The molecule has 2 aromatic rings. The van der Waals surface area contributed by atoms with Crippen LogP contribution in [0.25, 0.3) is 0 Å². The van der Waals surface area contributed by atoms with Crippen LogP contribution >= 0.6 is 27.7 Å². The number of benzene rings is 1. The lowest BCUT2D eigenvalue weighted by atomic mass is 10.1. The standard InChI is InChI=1S/C17H18BrN3O2S/c18-11-7-5-10(6-8-11)15-14-16(19-13(22)9-24-15)21(20-17(14)23)12-3-1-2-4-12/h5-8,12,15H,1-4,9H2,(H,19,22)(H,20,23)/t15-/m0/s1. The Bertz CT molecular complexity index is 821. The first kappa shape index (κ1) is 16.0. The molecule has 1 aliphatic heterocycles. The highest BCUT2D eigenvalue weighted by molar-refractivity contribution is 9.10. The Morgan fingerprint density at radius 2 is 1.83 bits per heavy atom. The molecule has 0 radical (unpaired) electrons. The van der Waals surface area contributed by atoms with Gasteiger partial charge >= 0.3 is 0 Å². The summed E-state index contributed by atoms with van der Waals surface area (Å²) < 4.78 is 2.90. The minimum Gasteiger partial charge on any atom is -0.310 e. The van der Waals surface area contributed by atoms with Crippen molar-refractivity contribution >= 4 is 39.4 Å². The van der Waals surface area contributed by atoms with Crippen LogP contribution in [0.1, 0.15) is 48.1 Å². The summed E-state index contributed by atoms with van der Waals surface area (Å²) in [5, 5.41) is 5.80. The van der Waals surface area contributed by atoms with Gasteiger partial charge in [-0.25, -0.2) is 0 Å². The molecule has 7 heteroatoms. The number of hydrogen-bond acceptors (Lipinski definition) is 3. The highest BCUT2D eigenvalue weighted by Gasteiger charge is 2.32. The molecule has 1 aromatic heterocycles. The van der Waals surface area contributed by atoms with Crippen molar-refractivity contribution < 1.29 is 4.79 Å². The zero-order valence-electron chi connectivity index (χ0n) is 13.0. The molecule has 2 N–H and O–H groups in total. The second-order valence-corrected chi connectivity index (χ2v) is 8.31. The molecule has 1 fully saturated rings. The van der Waals surface area contributed by atoms with Crippen molar-refractivity contribution in [2.45, 2.75) is 37.0 Å². The van der Waals surface area contributed by atoms with E-state index in [2.05, 4.69) is 26.3 Å². The van der Waals surface area contributed by atoms with Gasteiger partial charge in [-0.2, -0.15) is 0 Å². The number of amides is 1. The van der Waals surface area contributed by atoms with E-state index in [1.165, 1.54) is 24.6 Å². The van der Waals surface area contributed by atoms with E-state index in [-0.39, 0.29) is 22.8 Å². The fraction of sp³-hybridized carbons (Fsp3) is 0.412. The number of nitrogens with one attached hydrogen (secondary N) is 2. The zero-order chi connectivity index (χ0) is 16.7. The van der Waals surface area contributed by atoms with Crippen LogP contribution < -0.4 is 10.9 Å². The maximum atomic E-state index is 12.7. The number of fused-ring (bicyclic) bond motifs is 1. The van der Waals surface area contributed by atoms with Crippen LogP contribution in [0.15, 0.2) is 33.5 Å². The SMILES string of the molecule is O=C1CS[C@@H](c2ccc(Br)cc2)c2c(n(C3CCCC3)[nH]c2=O)N1. The molecular formula is C17H18BrN3O2S. The van der Waals surface area contributed by atoms with Crippen molar-refractivity contribution in [3.05, 3.63) is 50.2 Å². The molecule has 126 valence electrons. The van der Waals surface area contributed by atoms with Crippen molar-refractivity contribution in [2.24, 2.45) is 0 Å². The molecule has 1 aromatic carbocycles. The summed E-state index contributed by atoms with van der Waals surface area (Å²) in [6.45, 7) is 0. The van der Waals surface area contributed by atoms with Crippen LogP contribution in [0.3, 0.4) is 0 Å². The predicted molar refractivity (Wildman–Crippen MR) is 99.6 cm³/mol. The van der Waals surface area contributed by atoms with Gasteiger partial charge in [-0.15, -0.1) is 11.8 Å². The average Bonchev–Trinajstić information content (AvgIpc) is 3.15. The second kappa shape index (κ2) is 6.44. The quantitative estimate of drug-likeness (QED) is 0.794. The molecule has 1 aliphatic carbocycles. The largest absolute Gasteiger partial charge is 0.310 e. The van der Waals surface area contributed by atoms with Crippen LogP contribution in [0, 0.1) is 0 Å². The van der Waals surface area contributed by atoms with Crippen LogP contribution in [0.2, 0.25) is 0 Å². The average molecular weight is 408 g/mol. The van der Waals surface area contributed by atoms with E-state index in [0.717, 1.165) is 22.9 Å². The van der Waals surface area contributed by atoms with Crippen molar-refractivity contribution in [1.29, 1.82) is 0 Å². The molecule has 0 unspecified atom stereocenters. The fourth-order valence-corrected chi connectivity index (χ4v) is 4.97. The third-order valence-corrected chi connectivity index (χ3v) is 6.53. The van der Waals surface area contributed by atoms with E-state index in [1.54, 1.807) is 0 Å². The number of H-pyrrole nitrogens is 1. The summed E-state index contributed by atoms with van der Waals surface area (Å²) in [6.07, 6.45) is 4.42. The van der Waals surface area contributed by atoms with E-state index in [1.807, 2.05) is 28.9 Å². The smallest absolute Gasteiger partial charge is 0.270 e. The number of hydrogen-bond donors (Lipinski definition) is 2. The van der Waals surface area contributed by atoms with Crippen LogP contribution in [0.4, 0.5) is 5.82 Å². The number of aromatic amines is 1. The van der Waals surface area contributed by atoms with Crippen LogP contribution in [-0.2, 0) is 4.79 Å². The third kappa shape index (κ3) is 2.84. The Balaban J connectivity index is 1.83. The number of carbonyl (C=O) groups excluding carboxylic acids is 1. The third-order valence-electron chi connectivity index (χ3n) is 4.73. The topological polar surface area (TPSA) is 66.9 Å². The number of carbonyl (C=O) groups is 1. The maximum absolute atomic E-state index is 12.7. The van der Waals surface area contributed by atoms with Gasteiger partial charge in [0.1, 0.15) is 5.82 Å². The van der Waals surface area contributed by atoms with Crippen molar-refractivity contribution in [2.75, 3.05) is 11.1 Å². The molecule has 0 saturated heterocycles. The molecule has 1 atom stereocenters. The van der Waals surface area contributed by atoms with Gasteiger partial charge in [-0.1, -0.05) is 40.9 Å². The van der Waals surface area contributed by atoms with Crippen molar-refractivity contribution in [3.8, 4) is 0 Å². The maximum Gasteiger partial charge on any atom is 0.270 e. The first-order valence-corrected chi connectivity index (χ1v) is 9.99. The first-order chi connectivity index (χ1) is 11.6. The molecule has 4 rings (SSSR count). The highest BCUT2D eigenvalue weighted by Crippen LogP contribution is 2.42. The first-order valence-electron chi connectivity index (χ1n) is 8.15. The van der Waals surface area contributed by atoms with Gasteiger partial charge in [0.2, 0.25) is 5.91 Å². The lowest BCUT2D eigenvalue weighted by molar-refractivity contribution is -0.113. The Labute approximate surface area is 152 Å². The number of aromatic nitrogens is 2. The van der Waals surface area contributed by atoms with Gasteiger partial charge < -0.3 is 5.32 Å². The number of halogens is 1. The summed E-state index contributed by atoms with van der Waals surface area (Å²) in [4.78, 5) is 24.9. The Morgan fingerprint density at radius 1 is 1.12 bits per heavy atom. The molecule has 2 aliphatic rings. The fourth-order valence-electron chi connectivity index (χ4n) is 3.58. The summed E-state index contributed by atoms with van der Waals surface area (Å²) in [6, 6.07) is 8.23. The minimum absolute atomic E-state index is 0.0494. The van der Waals surface area contributed by atoms with Crippen molar-refractivity contribution in [3.63, 3.8) is 0 Å². The zero-order valence-corrected chi connectivity index (χ0v) is 15.5. The summed E-state index contributed by atoms with van der Waals surface area (Å²) >= 11 is 4.95. The van der Waals surface area contributed by atoms with Gasteiger partial charge in [0, 0.05) is 4.47 Å². The monoisotopic (exact) mass is 407 g/mol. The number of nitrogens with zero attached hydrogens (tertiary/aromatic N) is 1. The van der Waals surface area contributed by atoms with E-state index in [9.17, 15) is 9.59 Å². The molecule has 1 saturated carbocycles. The van der Waals surface area contributed by atoms with Crippen molar-refractivity contribution in [1.82, 2.24) is 9.78 Å². The molecular weight excluding hydrogens is 390 g/mol. The lowest BCUT2D eigenvalue weighted by Crippen LogP contribution is -2.18. The summed E-state index contributed by atoms with van der Waals surface area (Å²) in [7, 11) is 0. The van der Waals surface area contributed by atoms with Crippen LogP contribution in [0.5, 0.6) is 0 Å². The second-order valence-electron chi connectivity index (χ2n) is 6.30. The molecule has 0 spiro atoms. The van der Waals surface area contributed by atoms with Gasteiger partial charge in [0.25, 0.3) is 5.56 Å². The molecule has 2 heterocycles. The number of thioether (sulfide) groups is 1. The highest BCUT2D eigenvalue weighted by atomic mass is 79.9. The van der Waals surface area contributed by atoms with Gasteiger partial charge in [0.05, 0.1) is 22.6 Å². The molecule has 1 amide bonds. The molecule has 0 bridgehead atoms.